The van der Waals surface area contributed by atoms with Crippen LogP contribution in [0.15, 0.2) is 41.3 Å². The van der Waals surface area contributed by atoms with Crippen molar-refractivity contribution in [1.82, 2.24) is 4.72 Å². The van der Waals surface area contributed by atoms with Crippen LogP contribution >= 0.6 is 23.2 Å². The molecule has 0 fully saturated rings. The van der Waals surface area contributed by atoms with E-state index in [2.05, 4.69) is 4.72 Å². The highest BCUT2D eigenvalue weighted by Crippen LogP contribution is 2.31. The normalized spacial score (nSPS) is 11.4. The maximum Gasteiger partial charge on any atom is 0.242 e. The monoisotopic (exact) mass is 346 g/mol. The summed E-state index contributed by atoms with van der Waals surface area (Å²) in [6.07, 6.45) is 0. The Morgan fingerprint density at radius 2 is 1.67 bits per heavy atom. The summed E-state index contributed by atoms with van der Waals surface area (Å²) in [4.78, 5) is -0.00788. The van der Waals surface area contributed by atoms with E-state index >= 15 is 0 Å². The Bertz CT molecular complexity index is 779. The minimum absolute atomic E-state index is 0.00788. The van der Waals surface area contributed by atoms with Gasteiger partial charge in [0.1, 0.15) is 16.4 Å². The molecule has 0 aliphatic heterocycles. The van der Waals surface area contributed by atoms with E-state index in [1.54, 1.807) is 18.2 Å². The summed E-state index contributed by atoms with van der Waals surface area (Å²) in [6, 6.07) is 9.09. The third-order valence-electron chi connectivity index (χ3n) is 2.67. The summed E-state index contributed by atoms with van der Waals surface area (Å²) in [5.41, 5.74) is 5.83. The quantitative estimate of drug-likeness (QED) is 0.832. The highest BCUT2D eigenvalue weighted by molar-refractivity contribution is 7.89. The van der Waals surface area contributed by atoms with Crippen LogP contribution in [-0.4, -0.2) is 15.5 Å². The molecule has 112 valence electrons. The van der Waals surface area contributed by atoms with E-state index in [0.29, 0.717) is 21.5 Å². The molecule has 0 spiro atoms. The smallest absolute Gasteiger partial charge is 0.242 e. The first kappa shape index (κ1) is 15.9. The largest absolute Gasteiger partial charge is 0.457 e. The van der Waals surface area contributed by atoms with Gasteiger partial charge < -0.3 is 10.5 Å². The van der Waals surface area contributed by atoms with Gasteiger partial charge in [-0.05, 0) is 31.3 Å². The van der Waals surface area contributed by atoms with Crippen LogP contribution in [0.3, 0.4) is 0 Å². The van der Waals surface area contributed by atoms with Crippen LogP contribution in [0.5, 0.6) is 11.5 Å². The number of hydrogen-bond donors (Lipinski definition) is 2. The molecular formula is C13H12Cl2N2O3S. The van der Waals surface area contributed by atoms with Crippen LogP contribution in [0, 0.1) is 0 Å². The van der Waals surface area contributed by atoms with Crippen molar-refractivity contribution < 1.29 is 13.2 Å². The van der Waals surface area contributed by atoms with Crippen molar-refractivity contribution in [1.29, 1.82) is 0 Å². The van der Waals surface area contributed by atoms with Crippen molar-refractivity contribution in [3.05, 3.63) is 46.4 Å². The van der Waals surface area contributed by atoms with E-state index in [1.807, 2.05) is 0 Å². The first-order valence-corrected chi connectivity index (χ1v) is 8.03. The molecule has 5 nitrogen and oxygen atoms in total. The molecule has 2 rings (SSSR count). The van der Waals surface area contributed by atoms with E-state index in [1.165, 1.54) is 25.2 Å². The molecule has 0 amide bonds. The lowest BCUT2D eigenvalue weighted by molar-refractivity contribution is 0.482. The van der Waals surface area contributed by atoms with Gasteiger partial charge in [-0.2, -0.15) is 0 Å². The summed E-state index contributed by atoms with van der Waals surface area (Å²) < 4.78 is 31.2. The van der Waals surface area contributed by atoms with Gasteiger partial charge in [0.25, 0.3) is 0 Å². The molecule has 0 bridgehead atoms. The first-order valence-electron chi connectivity index (χ1n) is 5.79. The van der Waals surface area contributed by atoms with Crippen LogP contribution in [0.25, 0.3) is 0 Å². The van der Waals surface area contributed by atoms with Crippen LogP contribution in [0.4, 0.5) is 5.69 Å². The van der Waals surface area contributed by atoms with Crippen molar-refractivity contribution in [2.45, 2.75) is 4.90 Å². The number of benzene rings is 2. The Morgan fingerprint density at radius 3 is 2.24 bits per heavy atom. The van der Waals surface area contributed by atoms with Crippen molar-refractivity contribution in [2.75, 3.05) is 12.8 Å². The van der Waals surface area contributed by atoms with Crippen molar-refractivity contribution >= 4 is 38.9 Å². The molecular weight excluding hydrogens is 335 g/mol. The lowest BCUT2D eigenvalue weighted by atomic mass is 10.3. The third-order valence-corrected chi connectivity index (χ3v) is 4.89. The van der Waals surface area contributed by atoms with Gasteiger partial charge in [-0.3, -0.25) is 0 Å². The number of anilines is 1. The van der Waals surface area contributed by atoms with E-state index in [9.17, 15) is 8.42 Å². The molecule has 0 aliphatic rings. The number of ether oxygens (including phenoxy) is 1. The Morgan fingerprint density at radius 1 is 1.05 bits per heavy atom. The maximum atomic E-state index is 11.7. The molecule has 0 unspecified atom stereocenters. The van der Waals surface area contributed by atoms with Gasteiger partial charge in [-0.15, -0.1) is 0 Å². The van der Waals surface area contributed by atoms with Crippen LogP contribution in [-0.2, 0) is 10.0 Å². The highest BCUT2D eigenvalue weighted by Gasteiger charge is 2.15. The summed E-state index contributed by atoms with van der Waals surface area (Å²) in [7, 11) is -2.29. The molecule has 0 aliphatic carbocycles. The van der Waals surface area contributed by atoms with Gasteiger partial charge in [-0.1, -0.05) is 23.2 Å². The highest BCUT2D eigenvalue weighted by atomic mass is 35.5. The number of halogens is 2. The fourth-order valence-electron chi connectivity index (χ4n) is 1.62. The third kappa shape index (κ3) is 3.59. The number of nitrogens with one attached hydrogen (secondary N) is 1. The van der Waals surface area contributed by atoms with Gasteiger partial charge >= 0.3 is 0 Å². The predicted octanol–water partition coefficient (Wildman–Crippen LogP) is 3.28. The Kier molecular flexibility index (Phi) is 4.63. The van der Waals surface area contributed by atoms with E-state index in [4.69, 9.17) is 33.7 Å². The van der Waals surface area contributed by atoms with Gasteiger partial charge in [-0.25, -0.2) is 13.1 Å². The maximum absolute atomic E-state index is 11.7. The Balaban J connectivity index is 2.30. The number of hydrogen-bond acceptors (Lipinski definition) is 4. The Hall–Kier alpha value is -1.47. The topological polar surface area (TPSA) is 81.4 Å². The van der Waals surface area contributed by atoms with E-state index < -0.39 is 10.0 Å². The second-order valence-corrected chi connectivity index (χ2v) is 6.75. The molecule has 0 saturated carbocycles. The zero-order valence-corrected chi connectivity index (χ0v) is 13.3. The minimum Gasteiger partial charge on any atom is -0.457 e. The summed E-state index contributed by atoms with van der Waals surface area (Å²) >= 11 is 11.7. The summed E-state index contributed by atoms with van der Waals surface area (Å²) in [5.74, 6) is 0.856. The average Bonchev–Trinajstić information content (AvgIpc) is 2.43. The number of nitrogens with two attached hydrogens (primary N) is 1. The SMILES string of the molecule is CNS(=O)(=O)c1ccc(Oc2ccc(Cl)c(Cl)c2)cc1N. The van der Waals surface area contributed by atoms with Crippen LogP contribution in [0.2, 0.25) is 10.0 Å². The zero-order chi connectivity index (χ0) is 15.6. The predicted molar refractivity (Wildman–Crippen MR) is 83.6 cm³/mol. The molecule has 2 aromatic rings. The van der Waals surface area contributed by atoms with Crippen LogP contribution in [0.1, 0.15) is 0 Å². The van der Waals surface area contributed by atoms with Crippen molar-refractivity contribution in [2.24, 2.45) is 0 Å². The van der Waals surface area contributed by atoms with Gasteiger partial charge in [0.2, 0.25) is 10.0 Å². The van der Waals surface area contributed by atoms with E-state index in [0.717, 1.165) is 0 Å². The lowest BCUT2D eigenvalue weighted by Crippen LogP contribution is -2.19. The molecule has 0 atom stereocenters. The van der Waals surface area contributed by atoms with Crippen molar-refractivity contribution in [3.63, 3.8) is 0 Å². The molecule has 0 saturated heterocycles. The van der Waals surface area contributed by atoms with Gasteiger partial charge in [0.05, 0.1) is 15.7 Å². The molecule has 0 aromatic heterocycles. The number of sulfonamides is 1. The fourth-order valence-corrected chi connectivity index (χ4v) is 2.75. The van der Waals surface area contributed by atoms with Crippen LogP contribution < -0.4 is 15.2 Å². The summed E-state index contributed by atoms with van der Waals surface area (Å²) in [5, 5.41) is 0.774. The molecule has 0 radical (unpaired) electrons. The van der Waals surface area contributed by atoms with Crippen molar-refractivity contribution in [3.8, 4) is 11.5 Å². The van der Waals surface area contributed by atoms with Gasteiger partial charge in [0.15, 0.2) is 0 Å². The standard InChI is InChI=1S/C13H12Cl2N2O3S/c1-17-21(18,19)13-5-3-9(7-12(13)16)20-8-2-4-10(14)11(15)6-8/h2-7,17H,16H2,1H3. The second kappa shape index (κ2) is 6.11. The van der Waals surface area contributed by atoms with Gasteiger partial charge in [0, 0.05) is 12.1 Å². The molecule has 0 heterocycles. The second-order valence-electron chi connectivity index (χ2n) is 4.09. The molecule has 8 heteroatoms. The number of nitrogen functional groups attached to an aromatic ring is 1. The minimum atomic E-state index is -3.60. The van der Waals surface area contributed by atoms with E-state index in [-0.39, 0.29) is 10.6 Å². The summed E-state index contributed by atoms with van der Waals surface area (Å²) in [6.45, 7) is 0. The number of rotatable bonds is 4. The lowest BCUT2D eigenvalue weighted by Gasteiger charge is -2.10. The average molecular weight is 347 g/mol. The molecule has 3 N–H and O–H groups in total. The first-order chi connectivity index (χ1) is 9.83. The fraction of sp³-hybridized carbons (Fsp3) is 0.0769. The molecule has 2 aromatic carbocycles. The molecule has 21 heavy (non-hydrogen) atoms. The zero-order valence-electron chi connectivity index (χ0n) is 10.9. The Labute approximate surface area is 132 Å².